The van der Waals surface area contributed by atoms with Crippen LogP contribution in [0.1, 0.15) is 0 Å². The van der Waals surface area contributed by atoms with Crippen molar-refractivity contribution in [3.63, 3.8) is 0 Å². The third-order valence-electron chi connectivity index (χ3n) is 15.2. The van der Waals surface area contributed by atoms with Crippen molar-refractivity contribution in [1.82, 2.24) is 0 Å². The summed E-state index contributed by atoms with van der Waals surface area (Å²) in [5.41, 5.74) is 16.4. The molecule has 0 N–H and O–H groups in total. The Balaban J connectivity index is 0.952. The number of fused-ring (bicyclic) bond motifs is 5. The van der Waals surface area contributed by atoms with Gasteiger partial charge in [0, 0.05) is 34.1 Å². The van der Waals surface area contributed by atoms with Crippen molar-refractivity contribution in [2.75, 3.05) is 9.80 Å². The van der Waals surface area contributed by atoms with Gasteiger partial charge in [0.05, 0.1) is 0 Å². The lowest BCUT2D eigenvalue weighted by Gasteiger charge is -2.26. The maximum absolute atomic E-state index is 2.40. The normalized spacial score (nSPS) is 11.4. The van der Waals surface area contributed by atoms with Gasteiger partial charge in [0.15, 0.2) is 0 Å². The molecule has 0 amide bonds. The number of anilines is 6. The molecule has 2 heteroatoms. The second kappa shape index (κ2) is 19.1. The Labute approximate surface area is 443 Å². The summed E-state index contributed by atoms with van der Waals surface area (Å²) in [4.78, 5) is 4.69. The standard InChI is InChI=1S/C74H50N2/c1-5-27-53(28-6-1)75(54-29-7-2-8-30-54)57-35-23-25-51(49-57)71-61-39-15-19-43-65(61)73(66-44-20-16-40-62(66)71)69-47-48-70(60-38-14-13-37-59(60)69)74-67-45-21-17-41-63(67)72(64-42-18-22-46-68(64)74)52-26-24-36-58(50-52)76(55-31-9-3-10-32-55)56-33-11-4-12-34-56/h1-50H. The summed E-state index contributed by atoms with van der Waals surface area (Å²) in [5.74, 6) is 0. The molecule has 0 aliphatic carbocycles. The molecule has 0 aliphatic heterocycles. The van der Waals surface area contributed by atoms with E-state index < -0.39 is 0 Å². The van der Waals surface area contributed by atoms with Crippen LogP contribution in [-0.2, 0) is 0 Å². The van der Waals surface area contributed by atoms with Gasteiger partial charge < -0.3 is 9.80 Å². The van der Waals surface area contributed by atoms with Crippen molar-refractivity contribution in [1.29, 1.82) is 0 Å². The summed E-state index contributed by atoms with van der Waals surface area (Å²) in [7, 11) is 0. The second-order valence-electron chi connectivity index (χ2n) is 19.5. The lowest BCUT2D eigenvalue weighted by Crippen LogP contribution is -2.09. The van der Waals surface area contributed by atoms with E-state index >= 15 is 0 Å². The molecule has 0 radical (unpaired) electrons. The van der Waals surface area contributed by atoms with Crippen LogP contribution in [0, 0.1) is 0 Å². The van der Waals surface area contributed by atoms with Gasteiger partial charge in [-0.3, -0.25) is 0 Å². The zero-order valence-corrected chi connectivity index (χ0v) is 41.8. The number of para-hydroxylation sites is 4. The molecule has 0 spiro atoms. The van der Waals surface area contributed by atoms with Crippen LogP contribution in [0.15, 0.2) is 303 Å². The van der Waals surface area contributed by atoms with Gasteiger partial charge in [0.1, 0.15) is 0 Å². The number of hydrogen-bond acceptors (Lipinski definition) is 2. The first kappa shape index (κ1) is 44.7. The Morgan fingerprint density at radius 2 is 0.382 bits per heavy atom. The smallest absolute Gasteiger partial charge is 0.0467 e. The lowest BCUT2D eigenvalue weighted by molar-refractivity contribution is 1.28. The topological polar surface area (TPSA) is 6.48 Å². The monoisotopic (exact) mass is 966 g/mol. The van der Waals surface area contributed by atoms with E-state index in [0.29, 0.717) is 0 Å². The molecule has 0 bridgehead atoms. The second-order valence-corrected chi connectivity index (χ2v) is 19.5. The van der Waals surface area contributed by atoms with Gasteiger partial charge in [-0.25, -0.2) is 0 Å². The van der Waals surface area contributed by atoms with E-state index in [1.807, 2.05) is 0 Å². The average molecular weight is 967 g/mol. The van der Waals surface area contributed by atoms with E-state index in [-0.39, 0.29) is 0 Å². The molecular weight excluding hydrogens is 917 g/mol. The molecule has 14 aromatic rings. The van der Waals surface area contributed by atoms with Crippen molar-refractivity contribution in [3.05, 3.63) is 303 Å². The highest BCUT2D eigenvalue weighted by Crippen LogP contribution is 2.50. The van der Waals surface area contributed by atoms with E-state index in [4.69, 9.17) is 0 Å². The molecule has 0 heterocycles. The maximum atomic E-state index is 2.40. The zero-order valence-electron chi connectivity index (χ0n) is 41.8. The Morgan fingerprint density at radius 3 is 0.658 bits per heavy atom. The number of benzene rings is 14. The maximum Gasteiger partial charge on any atom is 0.0467 e. The van der Waals surface area contributed by atoms with Crippen LogP contribution in [-0.4, -0.2) is 0 Å². The fourth-order valence-electron chi connectivity index (χ4n) is 12.0. The highest BCUT2D eigenvalue weighted by molar-refractivity contribution is 6.27. The van der Waals surface area contributed by atoms with Gasteiger partial charge in [-0.05, 0) is 171 Å². The number of nitrogens with zero attached hydrogens (tertiary/aromatic N) is 2. The van der Waals surface area contributed by atoms with Crippen LogP contribution in [0.2, 0.25) is 0 Å². The fraction of sp³-hybridized carbons (Fsp3) is 0. The molecule has 0 atom stereocenters. The minimum absolute atomic E-state index is 1.10. The average Bonchev–Trinajstić information content (AvgIpc) is 3.51. The van der Waals surface area contributed by atoms with Crippen LogP contribution >= 0.6 is 0 Å². The van der Waals surface area contributed by atoms with Crippen LogP contribution < -0.4 is 9.80 Å². The third-order valence-corrected chi connectivity index (χ3v) is 15.2. The minimum Gasteiger partial charge on any atom is -0.310 e. The molecule has 0 aromatic heterocycles. The van der Waals surface area contributed by atoms with Crippen molar-refractivity contribution < 1.29 is 0 Å². The molecule has 0 fully saturated rings. The molecule has 14 aromatic carbocycles. The van der Waals surface area contributed by atoms with Crippen molar-refractivity contribution in [2.24, 2.45) is 0 Å². The Kier molecular flexibility index (Phi) is 11.2. The number of hydrogen-bond donors (Lipinski definition) is 0. The Morgan fingerprint density at radius 1 is 0.158 bits per heavy atom. The number of rotatable bonds is 10. The third kappa shape index (κ3) is 7.66. The van der Waals surface area contributed by atoms with Crippen LogP contribution in [0.3, 0.4) is 0 Å². The van der Waals surface area contributed by atoms with Gasteiger partial charge in [0.2, 0.25) is 0 Å². The minimum atomic E-state index is 1.10. The van der Waals surface area contributed by atoms with E-state index in [9.17, 15) is 0 Å². The van der Waals surface area contributed by atoms with Crippen LogP contribution in [0.25, 0.3) is 98.4 Å². The van der Waals surface area contributed by atoms with Crippen LogP contribution in [0.4, 0.5) is 34.1 Å². The van der Waals surface area contributed by atoms with Gasteiger partial charge in [-0.2, -0.15) is 0 Å². The van der Waals surface area contributed by atoms with Crippen molar-refractivity contribution in [3.8, 4) is 44.5 Å². The molecule has 356 valence electrons. The van der Waals surface area contributed by atoms with E-state index in [2.05, 4.69) is 313 Å². The van der Waals surface area contributed by atoms with Gasteiger partial charge in [-0.15, -0.1) is 0 Å². The first-order valence-electron chi connectivity index (χ1n) is 26.2. The van der Waals surface area contributed by atoms with E-state index in [1.165, 1.54) is 98.4 Å². The molecule has 0 aliphatic rings. The van der Waals surface area contributed by atoms with Crippen LogP contribution in [0.5, 0.6) is 0 Å². The lowest BCUT2D eigenvalue weighted by atomic mass is 9.82. The largest absolute Gasteiger partial charge is 0.310 e. The molecule has 76 heavy (non-hydrogen) atoms. The van der Waals surface area contributed by atoms with Crippen molar-refractivity contribution >= 4 is 88.0 Å². The summed E-state index contributed by atoms with van der Waals surface area (Å²) in [5, 5.41) is 12.2. The summed E-state index contributed by atoms with van der Waals surface area (Å²) in [6, 6.07) is 111. The summed E-state index contributed by atoms with van der Waals surface area (Å²) < 4.78 is 0. The Hall–Kier alpha value is -10.0. The molecule has 0 unspecified atom stereocenters. The molecule has 0 saturated carbocycles. The van der Waals surface area contributed by atoms with Gasteiger partial charge in [0.25, 0.3) is 0 Å². The SMILES string of the molecule is c1ccc(N(c2ccccc2)c2cccc(-c3c4ccccc4c(-c4ccc(-c5c6ccccc6c(-c6cccc(N(c7ccccc7)c7ccccc7)c6)c6ccccc56)c5ccccc45)c4ccccc34)c2)cc1. The highest BCUT2D eigenvalue weighted by Gasteiger charge is 2.23. The zero-order chi connectivity index (χ0) is 50.4. The van der Waals surface area contributed by atoms with E-state index in [1.54, 1.807) is 0 Å². The van der Waals surface area contributed by atoms with Gasteiger partial charge in [-0.1, -0.05) is 231 Å². The highest BCUT2D eigenvalue weighted by atomic mass is 15.1. The molecular formula is C74H50N2. The predicted octanol–water partition coefficient (Wildman–Crippen LogP) is 21.1. The predicted molar refractivity (Wildman–Crippen MR) is 325 cm³/mol. The quantitative estimate of drug-likeness (QED) is 0.126. The van der Waals surface area contributed by atoms with Crippen molar-refractivity contribution in [2.45, 2.75) is 0 Å². The van der Waals surface area contributed by atoms with E-state index in [0.717, 1.165) is 34.1 Å². The summed E-state index contributed by atoms with van der Waals surface area (Å²) in [6.07, 6.45) is 0. The molecule has 2 nitrogen and oxygen atoms in total. The van der Waals surface area contributed by atoms with Gasteiger partial charge >= 0.3 is 0 Å². The summed E-state index contributed by atoms with van der Waals surface area (Å²) >= 11 is 0. The Bertz CT molecular complexity index is 3970. The fourth-order valence-corrected chi connectivity index (χ4v) is 12.0. The summed E-state index contributed by atoms with van der Waals surface area (Å²) in [6.45, 7) is 0. The molecule has 14 rings (SSSR count). The first-order chi connectivity index (χ1) is 37.8. The molecule has 0 saturated heterocycles. The first-order valence-corrected chi connectivity index (χ1v) is 26.2.